The van der Waals surface area contributed by atoms with Gasteiger partial charge in [-0.3, -0.25) is 4.79 Å². The number of anilines is 1. The highest BCUT2D eigenvalue weighted by molar-refractivity contribution is 7.98. The fourth-order valence-corrected chi connectivity index (χ4v) is 1.34. The van der Waals surface area contributed by atoms with Crippen molar-refractivity contribution in [2.75, 3.05) is 18.6 Å². The van der Waals surface area contributed by atoms with Crippen molar-refractivity contribution < 1.29 is 9.90 Å². The minimum Gasteiger partial charge on any atom is -0.481 e. The predicted octanol–water partition coefficient (Wildman–Crippen LogP) is 0.867. The molecule has 1 aromatic heterocycles. The van der Waals surface area contributed by atoms with Crippen LogP contribution in [0.5, 0.6) is 0 Å². The summed E-state index contributed by atoms with van der Waals surface area (Å²) >= 11 is 1.38. The van der Waals surface area contributed by atoms with E-state index in [9.17, 15) is 4.79 Å². The maximum Gasteiger partial charge on any atom is 0.309 e. The first kappa shape index (κ1) is 10.8. The predicted molar refractivity (Wildman–Crippen MR) is 54.7 cm³/mol. The molecular formula is C8H11N3O2S. The number of hydrogen-bond acceptors (Lipinski definition) is 5. The van der Waals surface area contributed by atoms with Crippen molar-refractivity contribution >= 4 is 23.5 Å². The average molecular weight is 213 g/mol. The van der Waals surface area contributed by atoms with Crippen LogP contribution in [-0.4, -0.2) is 34.3 Å². The number of rotatable bonds is 4. The van der Waals surface area contributed by atoms with Crippen LogP contribution in [0.2, 0.25) is 0 Å². The SMILES string of the molecule is CNc1cc(CC(=O)O)nc(SC)n1. The average Bonchev–Trinajstić information content (AvgIpc) is 2.16. The van der Waals surface area contributed by atoms with Gasteiger partial charge in [0.25, 0.3) is 0 Å². The second-order valence-electron chi connectivity index (χ2n) is 2.55. The Bertz CT molecular complexity index is 321. The van der Waals surface area contributed by atoms with Crippen LogP contribution in [0.15, 0.2) is 11.2 Å². The zero-order valence-corrected chi connectivity index (χ0v) is 8.76. The van der Waals surface area contributed by atoms with Gasteiger partial charge in [-0.15, -0.1) is 0 Å². The van der Waals surface area contributed by atoms with E-state index in [1.54, 1.807) is 13.1 Å². The van der Waals surface area contributed by atoms with Gasteiger partial charge in [0.05, 0.1) is 12.1 Å². The molecule has 0 radical (unpaired) electrons. The van der Waals surface area contributed by atoms with E-state index < -0.39 is 5.97 Å². The maximum atomic E-state index is 10.5. The van der Waals surface area contributed by atoms with E-state index in [0.717, 1.165) is 0 Å². The number of carbonyl (C=O) groups is 1. The molecule has 0 amide bonds. The standard InChI is InChI=1S/C8H11N3O2S/c1-9-6-3-5(4-7(12)13)10-8(11-6)14-2/h3H,4H2,1-2H3,(H,12,13)(H,9,10,11). The zero-order chi connectivity index (χ0) is 10.6. The maximum absolute atomic E-state index is 10.5. The van der Waals surface area contributed by atoms with Crippen molar-refractivity contribution in [1.82, 2.24) is 9.97 Å². The number of nitrogens with one attached hydrogen (secondary N) is 1. The van der Waals surface area contributed by atoms with Crippen LogP contribution in [-0.2, 0) is 11.2 Å². The molecule has 1 aromatic rings. The zero-order valence-electron chi connectivity index (χ0n) is 7.94. The summed E-state index contributed by atoms with van der Waals surface area (Å²) in [4.78, 5) is 18.7. The van der Waals surface area contributed by atoms with Gasteiger partial charge in [-0.25, -0.2) is 9.97 Å². The van der Waals surface area contributed by atoms with Crippen molar-refractivity contribution in [1.29, 1.82) is 0 Å². The molecule has 0 bridgehead atoms. The number of thioether (sulfide) groups is 1. The highest BCUT2D eigenvalue weighted by Crippen LogP contribution is 2.13. The first-order valence-electron chi connectivity index (χ1n) is 3.97. The molecule has 0 unspecified atom stereocenters. The summed E-state index contributed by atoms with van der Waals surface area (Å²) in [6, 6.07) is 1.63. The lowest BCUT2D eigenvalue weighted by Gasteiger charge is -2.04. The van der Waals surface area contributed by atoms with Gasteiger partial charge in [0.1, 0.15) is 5.82 Å². The first-order chi connectivity index (χ1) is 6.65. The molecule has 0 saturated carbocycles. The largest absolute Gasteiger partial charge is 0.481 e. The van der Waals surface area contributed by atoms with Crippen molar-refractivity contribution in [3.8, 4) is 0 Å². The lowest BCUT2D eigenvalue weighted by molar-refractivity contribution is -0.136. The fourth-order valence-electron chi connectivity index (χ4n) is 0.938. The number of aliphatic carboxylic acids is 1. The topological polar surface area (TPSA) is 75.1 Å². The summed E-state index contributed by atoms with van der Waals surface area (Å²) < 4.78 is 0. The van der Waals surface area contributed by atoms with Crippen LogP contribution in [0.3, 0.4) is 0 Å². The van der Waals surface area contributed by atoms with Gasteiger partial charge >= 0.3 is 5.97 Å². The van der Waals surface area contributed by atoms with Gasteiger partial charge in [0, 0.05) is 13.1 Å². The van der Waals surface area contributed by atoms with E-state index >= 15 is 0 Å². The minimum absolute atomic E-state index is 0.0786. The molecule has 0 aliphatic heterocycles. The monoisotopic (exact) mass is 213 g/mol. The molecule has 2 N–H and O–H groups in total. The van der Waals surface area contributed by atoms with Crippen LogP contribution in [0.25, 0.3) is 0 Å². The molecule has 0 fully saturated rings. The molecule has 6 heteroatoms. The Hall–Kier alpha value is -1.30. The summed E-state index contributed by atoms with van der Waals surface area (Å²) in [6.45, 7) is 0. The van der Waals surface area contributed by atoms with E-state index in [2.05, 4.69) is 15.3 Å². The summed E-state index contributed by atoms with van der Waals surface area (Å²) in [6.07, 6.45) is 1.77. The molecule has 0 atom stereocenters. The molecule has 0 spiro atoms. The van der Waals surface area contributed by atoms with Gasteiger partial charge in [0.2, 0.25) is 0 Å². The van der Waals surface area contributed by atoms with Gasteiger partial charge in [0.15, 0.2) is 5.16 Å². The van der Waals surface area contributed by atoms with E-state index in [4.69, 9.17) is 5.11 Å². The molecule has 14 heavy (non-hydrogen) atoms. The van der Waals surface area contributed by atoms with E-state index in [1.807, 2.05) is 6.26 Å². The van der Waals surface area contributed by atoms with E-state index in [-0.39, 0.29) is 6.42 Å². The molecule has 1 rings (SSSR count). The van der Waals surface area contributed by atoms with Crippen molar-refractivity contribution in [2.24, 2.45) is 0 Å². The van der Waals surface area contributed by atoms with Gasteiger partial charge in [-0.1, -0.05) is 11.8 Å². The Morgan fingerprint density at radius 3 is 2.86 bits per heavy atom. The van der Waals surface area contributed by atoms with Gasteiger partial charge in [-0.2, -0.15) is 0 Å². The number of hydrogen-bond donors (Lipinski definition) is 2. The second-order valence-corrected chi connectivity index (χ2v) is 3.33. The smallest absolute Gasteiger partial charge is 0.309 e. The Morgan fingerprint density at radius 2 is 2.36 bits per heavy atom. The Labute approximate surface area is 86.0 Å². The van der Waals surface area contributed by atoms with Crippen LogP contribution >= 0.6 is 11.8 Å². The van der Waals surface area contributed by atoms with Gasteiger partial charge in [-0.05, 0) is 6.26 Å². The normalized spacial score (nSPS) is 9.86. The minimum atomic E-state index is -0.891. The Kier molecular flexibility index (Phi) is 3.70. The van der Waals surface area contributed by atoms with Crippen molar-refractivity contribution in [3.05, 3.63) is 11.8 Å². The van der Waals surface area contributed by atoms with Crippen molar-refractivity contribution in [3.63, 3.8) is 0 Å². The lowest BCUT2D eigenvalue weighted by Crippen LogP contribution is -2.05. The molecular weight excluding hydrogens is 202 g/mol. The Morgan fingerprint density at radius 1 is 1.64 bits per heavy atom. The molecule has 76 valence electrons. The molecule has 0 aromatic carbocycles. The third-order valence-corrected chi connectivity index (χ3v) is 2.08. The Balaban J connectivity index is 2.98. The third kappa shape index (κ3) is 2.88. The number of aromatic nitrogens is 2. The molecule has 1 heterocycles. The summed E-state index contributed by atoms with van der Waals surface area (Å²) in [5, 5.41) is 12.0. The van der Waals surface area contributed by atoms with E-state index in [0.29, 0.717) is 16.7 Å². The van der Waals surface area contributed by atoms with Crippen LogP contribution in [0.4, 0.5) is 5.82 Å². The van der Waals surface area contributed by atoms with Crippen LogP contribution in [0.1, 0.15) is 5.69 Å². The summed E-state index contributed by atoms with van der Waals surface area (Å²) in [7, 11) is 1.73. The summed E-state index contributed by atoms with van der Waals surface area (Å²) in [5.41, 5.74) is 0.515. The van der Waals surface area contributed by atoms with E-state index in [1.165, 1.54) is 11.8 Å². The number of carboxylic acids is 1. The second kappa shape index (κ2) is 4.80. The first-order valence-corrected chi connectivity index (χ1v) is 5.19. The third-order valence-electron chi connectivity index (χ3n) is 1.53. The molecule has 5 nitrogen and oxygen atoms in total. The van der Waals surface area contributed by atoms with Crippen LogP contribution in [0, 0.1) is 0 Å². The highest BCUT2D eigenvalue weighted by atomic mass is 32.2. The molecule has 0 aliphatic rings. The molecule has 0 aliphatic carbocycles. The van der Waals surface area contributed by atoms with Crippen LogP contribution < -0.4 is 5.32 Å². The number of carboxylic acid groups (broad SMARTS) is 1. The lowest BCUT2D eigenvalue weighted by atomic mass is 10.3. The van der Waals surface area contributed by atoms with Crippen molar-refractivity contribution in [2.45, 2.75) is 11.6 Å². The fraction of sp³-hybridized carbons (Fsp3) is 0.375. The summed E-state index contributed by atoms with van der Waals surface area (Å²) in [5.74, 6) is -0.251. The number of nitrogens with zero attached hydrogens (tertiary/aromatic N) is 2. The van der Waals surface area contributed by atoms with Gasteiger partial charge < -0.3 is 10.4 Å². The quantitative estimate of drug-likeness (QED) is 0.571. The molecule has 0 saturated heterocycles. The highest BCUT2D eigenvalue weighted by Gasteiger charge is 2.06.